The summed E-state index contributed by atoms with van der Waals surface area (Å²) in [5.74, 6) is -1.96. The molecule has 1 atom stereocenters. The van der Waals surface area contributed by atoms with Gasteiger partial charge in [-0.05, 0) is 59.4 Å². The minimum absolute atomic E-state index is 0.0558. The van der Waals surface area contributed by atoms with Gasteiger partial charge in [-0.1, -0.05) is 63.6 Å². The van der Waals surface area contributed by atoms with Crippen molar-refractivity contribution in [2.24, 2.45) is 0 Å². The van der Waals surface area contributed by atoms with Crippen LogP contribution in [0.15, 0.2) is 66.2 Å². The molecule has 1 aliphatic heterocycles. The van der Waals surface area contributed by atoms with E-state index < -0.39 is 23.5 Å². The van der Waals surface area contributed by atoms with E-state index in [4.69, 9.17) is 16.3 Å². The molecule has 0 aromatic heterocycles. The lowest BCUT2D eigenvalue weighted by Crippen LogP contribution is -2.29. The first-order valence-electron chi connectivity index (χ1n) is 12.0. The third-order valence-corrected chi connectivity index (χ3v) is 6.90. The van der Waals surface area contributed by atoms with Gasteiger partial charge in [-0.15, -0.1) is 0 Å². The van der Waals surface area contributed by atoms with Crippen LogP contribution in [0.2, 0.25) is 5.02 Å². The first-order valence-corrected chi connectivity index (χ1v) is 12.4. The van der Waals surface area contributed by atoms with E-state index in [1.54, 1.807) is 25.3 Å². The van der Waals surface area contributed by atoms with Gasteiger partial charge in [0.15, 0.2) is 0 Å². The van der Waals surface area contributed by atoms with Crippen LogP contribution in [0.4, 0.5) is 10.1 Å². The van der Waals surface area contributed by atoms with Crippen molar-refractivity contribution in [1.82, 2.24) is 0 Å². The Bertz CT molecular complexity index is 1410. The Morgan fingerprint density at radius 2 is 1.73 bits per heavy atom. The second-order valence-electron chi connectivity index (χ2n) is 10.0. The average Bonchev–Trinajstić information content (AvgIpc) is 3.14. The summed E-state index contributed by atoms with van der Waals surface area (Å²) in [6.07, 6.45) is 0.815. The molecule has 1 unspecified atom stereocenters. The van der Waals surface area contributed by atoms with E-state index in [0.29, 0.717) is 16.9 Å². The number of carbonyl (C=O) groups is 2. The molecule has 1 heterocycles. The van der Waals surface area contributed by atoms with Gasteiger partial charge >= 0.3 is 0 Å². The number of ketones is 1. The number of aryl methyl sites for hydroxylation is 1. The predicted molar refractivity (Wildman–Crippen MR) is 144 cm³/mol. The van der Waals surface area contributed by atoms with Crippen molar-refractivity contribution in [3.63, 3.8) is 0 Å². The minimum atomic E-state index is -0.937. The maximum absolute atomic E-state index is 13.9. The van der Waals surface area contributed by atoms with E-state index in [-0.39, 0.29) is 27.5 Å². The largest absolute Gasteiger partial charge is 0.507 e. The molecule has 7 heteroatoms. The maximum Gasteiger partial charge on any atom is 0.300 e. The van der Waals surface area contributed by atoms with Gasteiger partial charge in [-0.2, -0.15) is 0 Å². The molecule has 192 valence electrons. The normalized spacial score (nSPS) is 17.4. The second kappa shape index (κ2) is 10.0. The summed E-state index contributed by atoms with van der Waals surface area (Å²) < 4.78 is 19.4. The summed E-state index contributed by atoms with van der Waals surface area (Å²) in [5.41, 5.74) is 2.81. The fourth-order valence-electron chi connectivity index (χ4n) is 4.58. The van der Waals surface area contributed by atoms with Gasteiger partial charge in [-0.25, -0.2) is 4.39 Å². The van der Waals surface area contributed by atoms with E-state index in [2.05, 4.69) is 0 Å². The van der Waals surface area contributed by atoms with Crippen molar-refractivity contribution in [3.8, 4) is 5.75 Å². The van der Waals surface area contributed by atoms with Gasteiger partial charge in [0.25, 0.3) is 11.7 Å². The van der Waals surface area contributed by atoms with Gasteiger partial charge in [0.1, 0.15) is 17.3 Å². The number of anilines is 1. The number of hydrogen-bond acceptors (Lipinski definition) is 4. The molecular formula is C30H29ClFNO4. The summed E-state index contributed by atoms with van der Waals surface area (Å²) >= 11 is 6.02. The number of ether oxygens (including phenoxy) is 1. The van der Waals surface area contributed by atoms with Crippen molar-refractivity contribution < 1.29 is 23.8 Å². The van der Waals surface area contributed by atoms with Gasteiger partial charge in [0.05, 0.1) is 23.7 Å². The molecule has 3 aromatic carbocycles. The third kappa shape index (κ3) is 4.86. The highest BCUT2D eigenvalue weighted by atomic mass is 35.5. The molecular weight excluding hydrogens is 493 g/mol. The van der Waals surface area contributed by atoms with E-state index >= 15 is 0 Å². The molecule has 1 saturated heterocycles. The highest BCUT2D eigenvalue weighted by Gasteiger charge is 2.47. The summed E-state index contributed by atoms with van der Waals surface area (Å²) in [4.78, 5) is 28.0. The number of Topliss-reactive ketones (excluding diaryl/α,β-unsaturated/α-hetero) is 1. The first kappa shape index (κ1) is 26.4. The average molecular weight is 522 g/mol. The van der Waals surface area contributed by atoms with Crippen LogP contribution in [-0.4, -0.2) is 23.9 Å². The lowest BCUT2D eigenvalue weighted by Gasteiger charge is -2.26. The number of halogens is 2. The number of methoxy groups -OCH3 is 1. The van der Waals surface area contributed by atoms with Crippen LogP contribution in [0.3, 0.4) is 0 Å². The van der Waals surface area contributed by atoms with Gasteiger partial charge in [-0.3, -0.25) is 14.5 Å². The molecule has 0 aliphatic carbocycles. The Balaban J connectivity index is 1.96. The molecule has 4 rings (SSSR count). The number of rotatable bonds is 5. The number of hydrogen-bond donors (Lipinski definition) is 1. The lowest BCUT2D eigenvalue weighted by atomic mass is 9.84. The Morgan fingerprint density at radius 3 is 2.30 bits per heavy atom. The maximum atomic E-state index is 13.9. The monoisotopic (exact) mass is 521 g/mol. The SMILES string of the molecule is CCc1ccc(C2/C(=C(/O)c3ccc(OC)c(C(C)(C)C)c3)C(=O)C(=O)N2c2ccc(F)c(Cl)c2)cc1. The van der Waals surface area contributed by atoms with Gasteiger partial charge in [0, 0.05) is 16.8 Å². The molecule has 37 heavy (non-hydrogen) atoms. The van der Waals surface area contributed by atoms with E-state index in [9.17, 15) is 19.1 Å². The molecule has 1 aliphatic rings. The number of carbonyl (C=O) groups excluding carboxylic acids is 2. The molecule has 1 fully saturated rings. The van der Waals surface area contributed by atoms with Crippen LogP contribution in [0.5, 0.6) is 5.75 Å². The lowest BCUT2D eigenvalue weighted by molar-refractivity contribution is -0.132. The van der Waals surface area contributed by atoms with Gasteiger partial charge < -0.3 is 9.84 Å². The van der Waals surface area contributed by atoms with Crippen molar-refractivity contribution in [2.75, 3.05) is 12.0 Å². The van der Waals surface area contributed by atoms with Crippen LogP contribution in [0, 0.1) is 5.82 Å². The zero-order valence-corrected chi connectivity index (χ0v) is 22.2. The Kier molecular flexibility index (Phi) is 7.16. The molecule has 0 radical (unpaired) electrons. The summed E-state index contributed by atoms with van der Waals surface area (Å²) in [5, 5.41) is 11.3. The molecule has 1 amide bonds. The first-order chi connectivity index (χ1) is 17.5. The molecule has 0 bridgehead atoms. The number of amides is 1. The Labute approximate surface area is 221 Å². The fourth-order valence-corrected chi connectivity index (χ4v) is 4.76. The topological polar surface area (TPSA) is 66.8 Å². The van der Waals surface area contributed by atoms with E-state index in [1.807, 2.05) is 52.0 Å². The smallest absolute Gasteiger partial charge is 0.300 e. The van der Waals surface area contributed by atoms with E-state index in [1.165, 1.54) is 17.0 Å². The van der Waals surface area contributed by atoms with Crippen molar-refractivity contribution in [1.29, 1.82) is 0 Å². The standard InChI is InChI=1S/C30H29ClFNO4/c1-6-17-7-9-18(10-8-17)26-25(27(34)19-11-14-24(37-5)21(15-19)30(2,3)4)28(35)29(36)33(26)20-12-13-23(32)22(31)16-20/h7-16,26,34H,6H2,1-5H3/b27-25-. The quantitative estimate of drug-likeness (QED) is 0.223. The van der Waals surface area contributed by atoms with Crippen molar-refractivity contribution in [3.05, 3.63) is 99.3 Å². The Hall–Kier alpha value is -3.64. The Morgan fingerprint density at radius 1 is 1.05 bits per heavy atom. The molecule has 5 nitrogen and oxygen atoms in total. The molecule has 1 N–H and O–H groups in total. The van der Waals surface area contributed by atoms with Crippen molar-refractivity contribution >= 4 is 34.7 Å². The van der Waals surface area contributed by atoms with Crippen LogP contribution in [0.25, 0.3) is 5.76 Å². The summed E-state index contributed by atoms with van der Waals surface area (Å²) in [6, 6.07) is 15.6. The van der Waals surface area contributed by atoms with Crippen LogP contribution in [0.1, 0.15) is 56.0 Å². The minimum Gasteiger partial charge on any atom is -0.507 e. The zero-order valence-electron chi connectivity index (χ0n) is 21.4. The fraction of sp³-hybridized carbons (Fsp3) is 0.267. The van der Waals surface area contributed by atoms with Crippen molar-refractivity contribution in [2.45, 2.75) is 45.6 Å². The highest BCUT2D eigenvalue weighted by molar-refractivity contribution is 6.51. The van der Waals surface area contributed by atoms with Crippen LogP contribution >= 0.6 is 11.6 Å². The predicted octanol–water partition coefficient (Wildman–Crippen LogP) is 6.97. The molecule has 0 spiro atoms. The van der Waals surface area contributed by atoms with Crippen LogP contribution < -0.4 is 9.64 Å². The third-order valence-electron chi connectivity index (χ3n) is 6.61. The number of aliphatic hydroxyl groups excluding tert-OH is 1. The zero-order chi connectivity index (χ0) is 27.1. The number of aliphatic hydroxyl groups is 1. The van der Waals surface area contributed by atoms with Crippen LogP contribution in [-0.2, 0) is 21.4 Å². The highest BCUT2D eigenvalue weighted by Crippen LogP contribution is 2.43. The van der Waals surface area contributed by atoms with E-state index in [0.717, 1.165) is 23.6 Å². The summed E-state index contributed by atoms with van der Waals surface area (Å²) in [7, 11) is 1.57. The number of nitrogens with zero attached hydrogens (tertiary/aromatic N) is 1. The molecule has 3 aromatic rings. The molecule has 0 saturated carbocycles. The van der Waals surface area contributed by atoms with Gasteiger partial charge in [0.2, 0.25) is 0 Å². The second-order valence-corrected chi connectivity index (χ2v) is 10.4. The number of benzene rings is 3. The summed E-state index contributed by atoms with van der Waals surface area (Å²) in [6.45, 7) is 8.07.